The second-order valence-corrected chi connectivity index (χ2v) is 4.14. The highest BCUT2D eigenvalue weighted by atomic mass is 35.5. The predicted octanol–water partition coefficient (Wildman–Crippen LogP) is 0.812. The van der Waals surface area contributed by atoms with Gasteiger partial charge >= 0.3 is 0 Å². The Hall–Kier alpha value is -0.733. The van der Waals surface area contributed by atoms with Crippen LogP contribution in [0.25, 0.3) is 10.9 Å². The van der Waals surface area contributed by atoms with Gasteiger partial charge in [-0.3, -0.25) is 0 Å². The number of hydrogen-bond acceptors (Lipinski definition) is 0. The molecule has 0 radical (unpaired) electrons. The molecular weight excluding hydrogens is 174 g/mol. The van der Waals surface area contributed by atoms with Crippen LogP contribution in [0, 0.1) is 0 Å². The topological polar surface area (TPSA) is 15.8 Å². The number of rotatable bonds is 0. The highest BCUT2D eigenvalue weighted by Crippen LogP contribution is 2.20. The third-order valence-corrected chi connectivity index (χ3v) is 2.61. The summed E-state index contributed by atoms with van der Waals surface area (Å²) in [6.45, 7) is 0. The second-order valence-electron chi connectivity index (χ2n) is 2.65. The number of H-pyrrole nitrogens is 1. The zero-order valence-electron chi connectivity index (χ0n) is 6.19. The SMILES string of the molecule is [SiH3]c1cc2c(Cl)cccc2[nH]1. The zero-order valence-corrected chi connectivity index (χ0v) is 8.94. The van der Waals surface area contributed by atoms with E-state index < -0.39 is 0 Å². The van der Waals surface area contributed by atoms with Gasteiger partial charge in [-0.15, -0.1) is 0 Å². The van der Waals surface area contributed by atoms with Gasteiger partial charge in [0.05, 0.1) is 10.2 Å². The summed E-state index contributed by atoms with van der Waals surface area (Å²) in [6, 6.07) is 8.04. The van der Waals surface area contributed by atoms with Gasteiger partial charge in [0.2, 0.25) is 0 Å². The molecule has 0 aliphatic carbocycles. The fourth-order valence-corrected chi connectivity index (χ4v) is 2.04. The highest BCUT2D eigenvalue weighted by Gasteiger charge is 1.99. The van der Waals surface area contributed by atoms with Gasteiger partial charge in [-0.05, 0) is 23.5 Å². The van der Waals surface area contributed by atoms with Crippen LogP contribution in [0.5, 0.6) is 0 Å². The predicted molar refractivity (Wildman–Crippen MR) is 52.9 cm³/mol. The summed E-state index contributed by atoms with van der Waals surface area (Å²) >= 11 is 5.97. The van der Waals surface area contributed by atoms with E-state index in [9.17, 15) is 0 Å². The monoisotopic (exact) mass is 181 g/mol. The van der Waals surface area contributed by atoms with Crippen LogP contribution in [0.15, 0.2) is 24.3 Å². The Morgan fingerprint density at radius 1 is 1.36 bits per heavy atom. The lowest BCUT2D eigenvalue weighted by molar-refractivity contribution is 1.54. The normalized spacial score (nSPS) is 11.0. The van der Waals surface area contributed by atoms with E-state index in [-0.39, 0.29) is 0 Å². The van der Waals surface area contributed by atoms with Crippen LogP contribution >= 0.6 is 11.6 Å². The van der Waals surface area contributed by atoms with Gasteiger partial charge in [-0.25, -0.2) is 0 Å². The zero-order chi connectivity index (χ0) is 7.84. The molecule has 1 aromatic carbocycles. The van der Waals surface area contributed by atoms with Gasteiger partial charge in [0.1, 0.15) is 0 Å². The van der Waals surface area contributed by atoms with Crippen molar-refractivity contribution in [2.75, 3.05) is 0 Å². The molecule has 2 rings (SSSR count). The molecule has 11 heavy (non-hydrogen) atoms. The second kappa shape index (κ2) is 2.39. The Morgan fingerprint density at radius 2 is 2.18 bits per heavy atom. The van der Waals surface area contributed by atoms with Crippen LogP contribution in [-0.2, 0) is 0 Å². The van der Waals surface area contributed by atoms with Crippen molar-refractivity contribution in [2.45, 2.75) is 0 Å². The molecular formula is C8H8ClNSi. The summed E-state index contributed by atoms with van der Waals surface area (Å²) < 4.78 is 0. The fourth-order valence-electron chi connectivity index (χ4n) is 1.26. The number of aromatic amines is 1. The van der Waals surface area contributed by atoms with E-state index in [2.05, 4.69) is 11.1 Å². The number of fused-ring (bicyclic) bond motifs is 1. The van der Waals surface area contributed by atoms with Crippen molar-refractivity contribution in [1.29, 1.82) is 0 Å². The van der Waals surface area contributed by atoms with Gasteiger partial charge in [-0.1, -0.05) is 17.7 Å². The third kappa shape index (κ3) is 1.08. The van der Waals surface area contributed by atoms with E-state index in [1.165, 1.54) is 5.32 Å². The first kappa shape index (κ1) is 6.95. The lowest BCUT2D eigenvalue weighted by Crippen LogP contribution is -1.99. The van der Waals surface area contributed by atoms with Gasteiger partial charge in [0.25, 0.3) is 0 Å². The maximum atomic E-state index is 5.97. The minimum atomic E-state index is 0.834. The lowest BCUT2D eigenvalue weighted by Gasteiger charge is -1.90. The molecule has 0 atom stereocenters. The summed E-state index contributed by atoms with van der Waals surface area (Å²) in [5, 5.41) is 3.26. The van der Waals surface area contributed by atoms with Gasteiger partial charge < -0.3 is 4.98 Å². The van der Waals surface area contributed by atoms with Crippen molar-refractivity contribution in [1.82, 2.24) is 4.98 Å². The Bertz CT molecular complexity index is 394. The summed E-state index contributed by atoms with van der Waals surface area (Å²) in [6.07, 6.45) is 0. The van der Waals surface area contributed by atoms with Gasteiger partial charge in [0, 0.05) is 15.9 Å². The van der Waals surface area contributed by atoms with Crippen LogP contribution < -0.4 is 5.32 Å². The number of halogens is 1. The Labute approximate surface area is 72.8 Å². The van der Waals surface area contributed by atoms with Crippen LogP contribution in [0.3, 0.4) is 0 Å². The molecule has 1 N–H and O–H groups in total. The van der Waals surface area contributed by atoms with Crippen LogP contribution in [0.4, 0.5) is 0 Å². The van der Waals surface area contributed by atoms with E-state index in [1.54, 1.807) is 0 Å². The lowest BCUT2D eigenvalue weighted by atomic mass is 10.2. The molecule has 0 amide bonds. The maximum Gasteiger partial charge on any atom is 0.0592 e. The minimum absolute atomic E-state index is 0.834. The Balaban J connectivity index is 2.90. The summed E-state index contributed by atoms with van der Waals surface area (Å²) in [5.74, 6) is 0. The van der Waals surface area contributed by atoms with Crippen molar-refractivity contribution >= 4 is 38.1 Å². The molecule has 56 valence electrons. The number of benzene rings is 1. The molecule has 0 aliphatic rings. The standard InChI is InChI=1S/C8H8ClNSi/c9-6-2-1-3-7-5(6)4-8(11)10-7/h1-4,10H,11H3. The molecule has 0 bridgehead atoms. The molecule has 3 heteroatoms. The summed E-state index contributed by atoms with van der Waals surface area (Å²) in [5.41, 5.74) is 1.14. The van der Waals surface area contributed by atoms with Gasteiger partial charge in [-0.2, -0.15) is 0 Å². The number of hydrogen-bond donors (Lipinski definition) is 1. The summed E-state index contributed by atoms with van der Waals surface area (Å²) in [4.78, 5) is 3.28. The van der Waals surface area contributed by atoms with Gasteiger partial charge in [0.15, 0.2) is 0 Å². The number of nitrogens with one attached hydrogen (secondary N) is 1. The first-order valence-corrected chi connectivity index (χ1v) is 4.89. The third-order valence-electron chi connectivity index (χ3n) is 1.75. The smallest absolute Gasteiger partial charge is 0.0592 e. The van der Waals surface area contributed by atoms with E-state index in [1.807, 2.05) is 18.2 Å². The van der Waals surface area contributed by atoms with Crippen molar-refractivity contribution < 1.29 is 0 Å². The van der Waals surface area contributed by atoms with Crippen molar-refractivity contribution in [3.63, 3.8) is 0 Å². The summed E-state index contributed by atoms with van der Waals surface area (Å²) in [7, 11) is 1.05. The molecule has 0 saturated carbocycles. The molecule has 0 fully saturated rings. The maximum absolute atomic E-state index is 5.97. The van der Waals surface area contributed by atoms with Crippen molar-refractivity contribution in [2.24, 2.45) is 0 Å². The largest absolute Gasteiger partial charge is 0.363 e. The molecule has 0 spiro atoms. The van der Waals surface area contributed by atoms with Crippen LogP contribution in [0.1, 0.15) is 0 Å². The molecule has 1 aromatic heterocycles. The molecule has 0 aliphatic heterocycles. The first-order chi connectivity index (χ1) is 5.27. The van der Waals surface area contributed by atoms with Crippen LogP contribution in [-0.4, -0.2) is 15.2 Å². The highest BCUT2D eigenvalue weighted by molar-refractivity contribution is 6.37. The van der Waals surface area contributed by atoms with Crippen LogP contribution in [0.2, 0.25) is 5.02 Å². The molecule has 2 aromatic rings. The number of aromatic nitrogens is 1. The molecule has 1 nitrogen and oxygen atoms in total. The fraction of sp³-hybridized carbons (Fsp3) is 0. The van der Waals surface area contributed by atoms with E-state index in [4.69, 9.17) is 11.6 Å². The Kier molecular flexibility index (Phi) is 1.51. The van der Waals surface area contributed by atoms with E-state index in [0.717, 1.165) is 26.2 Å². The van der Waals surface area contributed by atoms with E-state index >= 15 is 0 Å². The van der Waals surface area contributed by atoms with E-state index in [0.29, 0.717) is 0 Å². The average Bonchev–Trinajstić information content (AvgIpc) is 2.31. The quantitative estimate of drug-likeness (QED) is 0.580. The minimum Gasteiger partial charge on any atom is -0.363 e. The Morgan fingerprint density at radius 3 is 2.91 bits per heavy atom. The van der Waals surface area contributed by atoms with Crippen molar-refractivity contribution in [3.8, 4) is 0 Å². The first-order valence-electron chi connectivity index (χ1n) is 3.51. The molecule has 0 unspecified atom stereocenters. The average molecular weight is 182 g/mol. The van der Waals surface area contributed by atoms with Crippen molar-refractivity contribution in [3.05, 3.63) is 29.3 Å². The molecule has 0 saturated heterocycles. The molecule has 1 heterocycles.